The summed E-state index contributed by atoms with van der Waals surface area (Å²) in [5.74, 6) is 1.41. The van der Waals surface area contributed by atoms with Crippen molar-refractivity contribution >= 4 is 17.2 Å². The zero-order valence-corrected chi connectivity index (χ0v) is 14.4. The van der Waals surface area contributed by atoms with Crippen LogP contribution in [0.25, 0.3) is 0 Å². The van der Waals surface area contributed by atoms with Gasteiger partial charge in [0.1, 0.15) is 10.6 Å². The first-order chi connectivity index (χ1) is 11.1. The van der Waals surface area contributed by atoms with Crippen LogP contribution in [0.2, 0.25) is 0 Å². The number of thiazole rings is 1. The molecule has 3 rings (SSSR count). The van der Waals surface area contributed by atoms with Crippen LogP contribution >= 0.6 is 11.3 Å². The highest BCUT2D eigenvalue weighted by atomic mass is 32.1. The smallest absolute Gasteiger partial charge is 0.265 e. The summed E-state index contributed by atoms with van der Waals surface area (Å²) in [6.45, 7) is 6.22. The molecular weight excluding hydrogens is 308 g/mol. The second-order valence-corrected chi connectivity index (χ2v) is 7.01. The predicted molar refractivity (Wildman–Crippen MR) is 92.2 cm³/mol. The minimum Gasteiger partial charge on any atom is -0.493 e. The Morgan fingerprint density at radius 2 is 2.13 bits per heavy atom. The summed E-state index contributed by atoms with van der Waals surface area (Å²) in [7, 11) is 0. The number of likely N-dealkylation sites (tertiary alicyclic amines) is 1. The number of rotatable bonds is 4. The molecule has 0 aliphatic carbocycles. The summed E-state index contributed by atoms with van der Waals surface area (Å²) in [4.78, 5) is 19.5. The van der Waals surface area contributed by atoms with Gasteiger partial charge in [0.25, 0.3) is 5.91 Å². The lowest BCUT2D eigenvalue weighted by Crippen LogP contribution is -2.41. The van der Waals surface area contributed by atoms with Crippen LogP contribution in [-0.4, -0.2) is 35.5 Å². The highest BCUT2D eigenvalue weighted by molar-refractivity contribution is 7.11. The van der Waals surface area contributed by atoms with Gasteiger partial charge in [0.2, 0.25) is 0 Å². The van der Waals surface area contributed by atoms with Gasteiger partial charge in [-0.1, -0.05) is 17.7 Å². The summed E-state index contributed by atoms with van der Waals surface area (Å²) in [6, 6.07) is 8.11. The molecule has 0 radical (unpaired) electrons. The van der Waals surface area contributed by atoms with Crippen molar-refractivity contribution < 1.29 is 9.53 Å². The van der Waals surface area contributed by atoms with E-state index >= 15 is 0 Å². The van der Waals surface area contributed by atoms with Crippen LogP contribution in [0.4, 0.5) is 0 Å². The fourth-order valence-electron chi connectivity index (χ4n) is 2.88. The fraction of sp³-hybridized carbons (Fsp3) is 0.444. The largest absolute Gasteiger partial charge is 0.493 e. The number of benzene rings is 1. The second-order valence-electron chi connectivity index (χ2n) is 6.15. The van der Waals surface area contributed by atoms with Crippen molar-refractivity contribution in [2.75, 3.05) is 19.7 Å². The highest BCUT2D eigenvalue weighted by Crippen LogP contribution is 2.22. The van der Waals surface area contributed by atoms with Gasteiger partial charge in [0.05, 0.1) is 17.8 Å². The average Bonchev–Trinajstić information content (AvgIpc) is 3.00. The number of nitrogens with zero attached hydrogens (tertiary/aromatic N) is 2. The van der Waals surface area contributed by atoms with Crippen molar-refractivity contribution in [3.05, 3.63) is 45.9 Å². The van der Waals surface area contributed by atoms with Crippen LogP contribution in [0.3, 0.4) is 0 Å². The molecule has 1 aromatic heterocycles. The minimum atomic E-state index is 0.116. The molecule has 1 amide bonds. The molecule has 23 heavy (non-hydrogen) atoms. The van der Waals surface area contributed by atoms with E-state index < -0.39 is 0 Å². The van der Waals surface area contributed by atoms with E-state index in [9.17, 15) is 4.79 Å². The molecule has 0 spiro atoms. The quantitative estimate of drug-likeness (QED) is 0.858. The summed E-state index contributed by atoms with van der Waals surface area (Å²) < 4.78 is 5.90. The third kappa shape index (κ3) is 3.91. The van der Waals surface area contributed by atoms with Gasteiger partial charge in [-0.15, -0.1) is 11.3 Å². The Balaban J connectivity index is 1.57. The topological polar surface area (TPSA) is 42.4 Å². The molecule has 0 unspecified atom stereocenters. The molecule has 0 N–H and O–H groups in total. The first-order valence-corrected chi connectivity index (χ1v) is 8.90. The molecule has 4 nitrogen and oxygen atoms in total. The van der Waals surface area contributed by atoms with Crippen LogP contribution < -0.4 is 4.74 Å². The van der Waals surface area contributed by atoms with Gasteiger partial charge in [0.15, 0.2) is 0 Å². The van der Waals surface area contributed by atoms with Gasteiger partial charge >= 0.3 is 0 Å². The third-order valence-corrected chi connectivity index (χ3v) is 5.17. The number of aryl methyl sites for hydroxylation is 2. The summed E-state index contributed by atoms with van der Waals surface area (Å²) in [6.07, 6.45) is 2.14. The summed E-state index contributed by atoms with van der Waals surface area (Å²) in [5.41, 5.74) is 3.80. The number of amides is 1. The Morgan fingerprint density at radius 1 is 1.35 bits per heavy atom. The Labute approximate surface area is 141 Å². The van der Waals surface area contributed by atoms with Crippen molar-refractivity contribution in [2.45, 2.75) is 26.7 Å². The Bertz CT molecular complexity index is 666. The van der Waals surface area contributed by atoms with Gasteiger partial charge in [0, 0.05) is 19.0 Å². The second kappa shape index (κ2) is 7.13. The lowest BCUT2D eigenvalue weighted by atomic mass is 9.98. The van der Waals surface area contributed by atoms with Crippen molar-refractivity contribution in [1.29, 1.82) is 0 Å². The molecular formula is C18H22N2O2S. The maximum absolute atomic E-state index is 12.6. The number of carbonyl (C=O) groups excluding carboxylic acids is 1. The van der Waals surface area contributed by atoms with E-state index in [2.05, 4.69) is 24.0 Å². The van der Waals surface area contributed by atoms with Crippen LogP contribution in [0, 0.1) is 19.8 Å². The van der Waals surface area contributed by atoms with Crippen LogP contribution in [0.15, 0.2) is 29.8 Å². The molecule has 122 valence electrons. The summed E-state index contributed by atoms with van der Waals surface area (Å²) in [5, 5.41) is 0. The molecule has 1 atom stereocenters. The normalized spacial score (nSPS) is 18.0. The Kier molecular flexibility index (Phi) is 4.96. The lowest BCUT2D eigenvalue weighted by molar-refractivity contribution is 0.0637. The number of piperidine rings is 1. The lowest BCUT2D eigenvalue weighted by Gasteiger charge is -2.32. The molecule has 0 saturated carbocycles. The molecule has 2 heterocycles. The molecule has 0 bridgehead atoms. The van der Waals surface area contributed by atoms with Gasteiger partial charge < -0.3 is 9.64 Å². The molecule has 1 fully saturated rings. The van der Waals surface area contributed by atoms with Crippen molar-refractivity contribution in [3.8, 4) is 5.75 Å². The maximum atomic E-state index is 12.6. The molecule has 1 saturated heterocycles. The third-order valence-electron chi connectivity index (χ3n) is 4.25. The molecule has 1 aliphatic heterocycles. The van der Waals surface area contributed by atoms with Gasteiger partial charge in [-0.3, -0.25) is 4.79 Å². The zero-order chi connectivity index (χ0) is 16.2. The van der Waals surface area contributed by atoms with Gasteiger partial charge in [-0.05, 0) is 38.8 Å². The highest BCUT2D eigenvalue weighted by Gasteiger charge is 2.26. The monoisotopic (exact) mass is 330 g/mol. The van der Waals surface area contributed by atoms with Crippen LogP contribution in [0.1, 0.15) is 33.8 Å². The van der Waals surface area contributed by atoms with Gasteiger partial charge in [-0.2, -0.15) is 0 Å². The van der Waals surface area contributed by atoms with Crippen LogP contribution in [-0.2, 0) is 0 Å². The first kappa shape index (κ1) is 16.0. The minimum absolute atomic E-state index is 0.116. The number of hydrogen-bond donors (Lipinski definition) is 0. The Hall–Kier alpha value is -1.88. The number of hydrogen-bond acceptors (Lipinski definition) is 4. The molecule has 2 aromatic rings. The average molecular weight is 330 g/mol. The van der Waals surface area contributed by atoms with E-state index in [4.69, 9.17) is 4.74 Å². The van der Waals surface area contributed by atoms with Crippen molar-refractivity contribution in [2.24, 2.45) is 5.92 Å². The zero-order valence-electron chi connectivity index (χ0n) is 13.6. The van der Waals surface area contributed by atoms with E-state index in [0.717, 1.165) is 42.3 Å². The number of ether oxygens (including phenoxy) is 1. The van der Waals surface area contributed by atoms with E-state index in [1.807, 2.05) is 24.0 Å². The standard InChI is InChI=1S/C18H22N2O2S/c1-13-5-7-16(8-6-13)22-11-15-4-3-9-20(10-15)18(21)17-14(2)19-12-23-17/h5-8,12,15H,3-4,9-11H2,1-2H3/t15-/m1/s1. The molecule has 5 heteroatoms. The SMILES string of the molecule is Cc1ccc(OC[C@@H]2CCCN(C(=O)c3scnc3C)C2)cc1. The molecule has 1 aromatic carbocycles. The van der Waals surface area contributed by atoms with Crippen molar-refractivity contribution in [1.82, 2.24) is 9.88 Å². The van der Waals surface area contributed by atoms with Crippen molar-refractivity contribution in [3.63, 3.8) is 0 Å². The molecule has 1 aliphatic rings. The summed E-state index contributed by atoms with van der Waals surface area (Å²) >= 11 is 1.43. The van der Waals surface area contributed by atoms with Crippen LogP contribution in [0.5, 0.6) is 5.75 Å². The maximum Gasteiger partial charge on any atom is 0.265 e. The number of aromatic nitrogens is 1. The number of carbonyl (C=O) groups is 1. The predicted octanol–water partition coefficient (Wildman–Crippen LogP) is 3.69. The van der Waals surface area contributed by atoms with E-state index in [-0.39, 0.29) is 5.91 Å². The first-order valence-electron chi connectivity index (χ1n) is 8.02. The Morgan fingerprint density at radius 3 is 2.83 bits per heavy atom. The van der Waals surface area contributed by atoms with E-state index in [0.29, 0.717) is 12.5 Å². The van der Waals surface area contributed by atoms with E-state index in [1.165, 1.54) is 16.9 Å². The fourth-order valence-corrected chi connectivity index (χ4v) is 3.65. The van der Waals surface area contributed by atoms with Gasteiger partial charge in [-0.25, -0.2) is 4.98 Å². The van der Waals surface area contributed by atoms with E-state index in [1.54, 1.807) is 5.51 Å².